The molecule has 0 unspecified atom stereocenters. The molecule has 1 fully saturated rings. The van der Waals surface area contributed by atoms with Gasteiger partial charge in [-0.3, -0.25) is 14.4 Å². The Morgan fingerprint density at radius 3 is 2.72 bits per heavy atom. The van der Waals surface area contributed by atoms with E-state index in [0.29, 0.717) is 24.4 Å². The number of amides is 2. The van der Waals surface area contributed by atoms with Crippen molar-refractivity contribution in [2.75, 3.05) is 13.1 Å². The highest BCUT2D eigenvalue weighted by molar-refractivity contribution is 6.00. The van der Waals surface area contributed by atoms with Gasteiger partial charge in [0.15, 0.2) is 5.78 Å². The third-order valence-electron chi connectivity index (χ3n) is 5.61. The first kappa shape index (κ1) is 19.1. The second kappa shape index (κ2) is 7.66. The van der Waals surface area contributed by atoms with Crippen molar-refractivity contribution in [3.63, 3.8) is 0 Å². The molecule has 2 heterocycles. The van der Waals surface area contributed by atoms with Crippen LogP contribution in [-0.2, 0) is 0 Å². The lowest BCUT2D eigenvalue weighted by molar-refractivity contribution is 0.0406. The Morgan fingerprint density at radius 2 is 1.97 bits per heavy atom. The lowest BCUT2D eigenvalue weighted by Gasteiger charge is -2.38. The van der Waals surface area contributed by atoms with Crippen LogP contribution >= 0.6 is 0 Å². The fourth-order valence-electron chi connectivity index (χ4n) is 4.07. The van der Waals surface area contributed by atoms with Gasteiger partial charge < -0.3 is 15.4 Å². The molecule has 150 valence electrons. The van der Waals surface area contributed by atoms with E-state index in [-0.39, 0.29) is 35.4 Å². The molecule has 2 aromatic carbocycles. The van der Waals surface area contributed by atoms with Crippen LogP contribution < -0.4 is 10.5 Å². The number of likely N-dealkylation sites (tertiary alicyclic amines) is 1. The number of piperidine rings is 1. The van der Waals surface area contributed by atoms with Crippen molar-refractivity contribution >= 4 is 17.6 Å². The smallest absolute Gasteiger partial charge is 0.256 e. The Labute approximate surface area is 167 Å². The average Bonchev–Trinajstić information content (AvgIpc) is 2.73. The fourth-order valence-corrected chi connectivity index (χ4v) is 4.07. The summed E-state index contributed by atoms with van der Waals surface area (Å²) in [6, 6.07) is 10.8. The van der Waals surface area contributed by atoms with E-state index in [1.807, 2.05) is 6.07 Å². The number of rotatable bonds is 3. The molecule has 7 heteroatoms. The second-order valence-corrected chi connectivity index (χ2v) is 7.49. The molecule has 29 heavy (non-hydrogen) atoms. The number of primary amides is 1. The first-order chi connectivity index (χ1) is 13.9. The topological polar surface area (TPSA) is 89.7 Å². The van der Waals surface area contributed by atoms with Gasteiger partial charge in [0.25, 0.3) is 5.91 Å². The largest absolute Gasteiger partial charge is 0.489 e. The number of carbonyl (C=O) groups excluding carboxylic acids is 3. The van der Waals surface area contributed by atoms with E-state index in [1.165, 1.54) is 12.1 Å². The van der Waals surface area contributed by atoms with Gasteiger partial charge in [-0.2, -0.15) is 0 Å². The molecule has 0 radical (unpaired) electrons. The van der Waals surface area contributed by atoms with Crippen molar-refractivity contribution in [1.82, 2.24) is 4.90 Å². The minimum atomic E-state index is -0.772. The van der Waals surface area contributed by atoms with Crippen molar-refractivity contribution < 1.29 is 23.5 Å². The molecule has 2 aliphatic rings. The lowest BCUT2D eigenvalue weighted by Crippen LogP contribution is -2.46. The van der Waals surface area contributed by atoms with Crippen LogP contribution in [0.5, 0.6) is 5.75 Å². The van der Waals surface area contributed by atoms with Crippen LogP contribution in [0.4, 0.5) is 4.39 Å². The van der Waals surface area contributed by atoms with E-state index in [4.69, 9.17) is 10.5 Å². The SMILES string of the molecule is NC(=O)c1ccc(C(=O)N2CCC[C@H]([C@@H]3CC(=O)c4ccccc4O3)C2)c(F)c1. The number of ketones is 1. The third-order valence-corrected chi connectivity index (χ3v) is 5.61. The van der Waals surface area contributed by atoms with Gasteiger partial charge >= 0.3 is 0 Å². The summed E-state index contributed by atoms with van der Waals surface area (Å²) in [5, 5.41) is 0. The highest BCUT2D eigenvalue weighted by atomic mass is 19.1. The Bertz CT molecular complexity index is 991. The normalized spacial score (nSPS) is 21.3. The van der Waals surface area contributed by atoms with E-state index < -0.39 is 17.6 Å². The highest BCUT2D eigenvalue weighted by Crippen LogP contribution is 2.33. The summed E-state index contributed by atoms with van der Waals surface area (Å²) in [7, 11) is 0. The maximum atomic E-state index is 14.4. The summed E-state index contributed by atoms with van der Waals surface area (Å²) < 4.78 is 20.4. The molecule has 0 spiro atoms. The molecular weight excluding hydrogens is 375 g/mol. The molecule has 2 aromatic rings. The summed E-state index contributed by atoms with van der Waals surface area (Å²) in [4.78, 5) is 38.1. The Hall–Kier alpha value is -3.22. The quantitative estimate of drug-likeness (QED) is 0.864. The van der Waals surface area contributed by atoms with Crippen LogP contribution in [0, 0.1) is 11.7 Å². The van der Waals surface area contributed by atoms with Gasteiger partial charge in [0, 0.05) is 31.0 Å². The van der Waals surface area contributed by atoms with Crippen LogP contribution in [0.2, 0.25) is 0 Å². The van der Waals surface area contributed by atoms with Crippen LogP contribution in [0.3, 0.4) is 0 Å². The monoisotopic (exact) mass is 396 g/mol. The minimum absolute atomic E-state index is 0.0158. The fraction of sp³-hybridized carbons (Fsp3) is 0.318. The van der Waals surface area contributed by atoms with Gasteiger partial charge in [0.2, 0.25) is 5.91 Å². The molecule has 2 N–H and O–H groups in total. The highest BCUT2D eigenvalue weighted by Gasteiger charge is 2.36. The van der Waals surface area contributed by atoms with E-state index >= 15 is 0 Å². The van der Waals surface area contributed by atoms with E-state index in [9.17, 15) is 18.8 Å². The molecule has 2 amide bonds. The van der Waals surface area contributed by atoms with Crippen LogP contribution in [0.15, 0.2) is 42.5 Å². The predicted octanol–water partition coefficient (Wildman–Crippen LogP) is 2.81. The maximum absolute atomic E-state index is 14.4. The van der Waals surface area contributed by atoms with Crippen molar-refractivity contribution in [1.29, 1.82) is 0 Å². The number of Topliss-reactive ketones (excluding diaryl/α,β-unsaturated/α-hetero) is 1. The zero-order valence-electron chi connectivity index (χ0n) is 15.8. The second-order valence-electron chi connectivity index (χ2n) is 7.49. The number of hydrogen-bond donors (Lipinski definition) is 1. The average molecular weight is 396 g/mol. The number of halogens is 1. The van der Waals surface area contributed by atoms with Gasteiger partial charge in [-0.1, -0.05) is 12.1 Å². The number of fused-ring (bicyclic) bond motifs is 1. The van der Waals surface area contributed by atoms with Crippen LogP contribution in [0.25, 0.3) is 0 Å². The Kier molecular flexibility index (Phi) is 5.05. The number of ether oxygens (including phenoxy) is 1. The van der Waals surface area contributed by atoms with E-state index in [1.54, 1.807) is 23.1 Å². The molecule has 0 aromatic heterocycles. The maximum Gasteiger partial charge on any atom is 0.256 e. The van der Waals surface area contributed by atoms with E-state index in [0.717, 1.165) is 18.9 Å². The van der Waals surface area contributed by atoms with Crippen molar-refractivity contribution in [3.8, 4) is 5.75 Å². The van der Waals surface area contributed by atoms with E-state index in [2.05, 4.69) is 0 Å². The summed E-state index contributed by atoms with van der Waals surface area (Å²) in [5.74, 6) is -1.37. The Morgan fingerprint density at radius 1 is 1.17 bits per heavy atom. The molecule has 0 saturated carbocycles. The first-order valence-electron chi connectivity index (χ1n) is 9.61. The molecule has 0 bridgehead atoms. The minimum Gasteiger partial charge on any atom is -0.489 e. The number of hydrogen-bond acceptors (Lipinski definition) is 4. The summed E-state index contributed by atoms with van der Waals surface area (Å²) in [6.07, 6.45) is 1.53. The Balaban J connectivity index is 1.50. The summed E-state index contributed by atoms with van der Waals surface area (Å²) in [6.45, 7) is 0.888. The van der Waals surface area contributed by atoms with Crippen molar-refractivity contribution in [2.24, 2.45) is 11.7 Å². The zero-order chi connectivity index (χ0) is 20.5. The number of nitrogens with two attached hydrogens (primary N) is 1. The van der Waals surface area contributed by atoms with Gasteiger partial charge in [0.1, 0.15) is 17.7 Å². The van der Waals surface area contributed by atoms with Gasteiger partial charge in [-0.15, -0.1) is 0 Å². The third kappa shape index (κ3) is 3.72. The van der Waals surface area contributed by atoms with Gasteiger partial charge in [-0.05, 0) is 43.2 Å². The van der Waals surface area contributed by atoms with Crippen LogP contribution in [-0.4, -0.2) is 41.7 Å². The van der Waals surface area contributed by atoms with Crippen LogP contribution in [0.1, 0.15) is 50.3 Å². The first-order valence-corrected chi connectivity index (χ1v) is 9.61. The molecule has 2 aliphatic heterocycles. The lowest BCUT2D eigenvalue weighted by atomic mass is 9.86. The summed E-state index contributed by atoms with van der Waals surface area (Å²) in [5.41, 5.74) is 5.66. The number of carbonyl (C=O) groups is 3. The van der Waals surface area contributed by atoms with Gasteiger partial charge in [0.05, 0.1) is 11.1 Å². The standard InChI is InChI=1S/C22H21FN2O4/c23-17-10-13(21(24)27)7-8-15(17)22(28)25-9-3-4-14(12-25)20-11-18(26)16-5-1-2-6-19(16)29-20/h1-2,5-8,10,14,20H,3-4,9,11-12H2,(H2,24,27)/t14-,20-/m0/s1. The molecule has 1 saturated heterocycles. The van der Waals surface area contributed by atoms with Gasteiger partial charge in [-0.25, -0.2) is 4.39 Å². The number of para-hydroxylation sites is 1. The van der Waals surface area contributed by atoms with Crippen molar-refractivity contribution in [2.45, 2.75) is 25.4 Å². The van der Waals surface area contributed by atoms with Crippen molar-refractivity contribution in [3.05, 3.63) is 65.0 Å². The summed E-state index contributed by atoms with van der Waals surface area (Å²) >= 11 is 0. The number of benzene rings is 2. The molecule has 4 rings (SSSR count). The molecular formula is C22H21FN2O4. The molecule has 2 atom stereocenters. The zero-order valence-corrected chi connectivity index (χ0v) is 15.8. The number of nitrogens with zero attached hydrogens (tertiary/aromatic N) is 1. The predicted molar refractivity (Wildman–Crippen MR) is 103 cm³/mol. The molecule has 6 nitrogen and oxygen atoms in total. The molecule has 0 aliphatic carbocycles.